The second-order valence-corrected chi connectivity index (χ2v) is 6.13. The number of amides is 1. The Bertz CT molecular complexity index is 253. The van der Waals surface area contributed by atoms with E-state index in [1.54, 1.807) is 0 Å². The highest BCUT2D eigenvalue weighted by Crippen LogP contribution is 2.28. The Balaban J connectivity index is 2.13. The molecule has 0 radical (unpaired) electrons. The summed E-state index contributed by atoms with van der Waals surface area (Å²) in [5, 5.41) is 16.2. The fraction of sp³-hybridized carbons (Fsp3) is 0.923. The molecule has 0 heterocycles. The van der Waals surface area contributed by atoms with Crippen molar-refractivity contribution in [3.05, 3.63) is 0 Å². The first kappa shape index (κ1) is 14.5. The van der Waals surface area contributed by atoms with E-state index in [1.807, 2.05) is 0 Å². The van der Waals surface area contributed by atoms with Crippen molar-refractivity contribution in [1.29, 1.82) is 0 Å². The Morgan fingerprint density at radius 2 is 1.88 bits per heavy atom. The van der Waals surface area contributed by atoms with Crippen molar-refractivity contribution in [1.82, 2.24) is 10.6 Å². The number of carbonyl (C=O) groups excluding carboxylic acids is 1. The summed E-state index contributed by atoms with van der Waals surface area (Å²) in [6.07, 6.45) is 4.23. The maximum atomic E-state index is 11.6. The first-order valence-electron chi connectivity index (χ1n) is 6.55. The summed E-state index contributed by atoms with van der Waals surface area (Å²) in [5.41, 5.74) is -0.600. The Labute approximate surface area is 104 Å². The molecular formula is C13H26N2O2. The molecule has 1 rings (SSSR count). The van der Waals surface area contributed by atoms with Gasteiger partial charge in [0.2, 0.25) is 5.91 Å². The van der Waals surface area contributed by atoms with Crippen LogP contribution < -0.4 is 10.6 Å². The minimum Gasteiger partial charge on any atom is -0.388 e. The summed E-state index contributed by atoms with van der Waals surface area (Å²) >= 11 is 0. The predicted octanol–water partition coefficient (Wildman–Crippen LogP) is 1.19. The predicted molar refractivity (Wildman–Crippen MR) is 68.8 cm³/mol. The number of carbonyl (C=O) groups is 1. The topological polar surface area (TPSA) is 61.4 Å². The van der Waals surface area contributed by atoms with Crippen LogP contribution in [0.2, 0.25) is 0 Å². The van der Waals surface area contributed by atoms with Gasteiger partial charge in [0, 0.05) is 25.0 Å². The van der Waals surface area contributed by atoms with Gasteiger partial charge in [0.05, 0.1) is 5.60 Å². The zero-order valence-corrected chi connectivity index (χ0v) is 11.3. The monoisotopic (exact) mass is 242 g/mol. The van der Waals surface area contributed by atoms with Gasteiger partial charge in [0.1, 0.15) is 0 Å². The standard InChI is InChI=1S/C13H26N2O2/c1-12(2,3)15-9-6-11(16)14-10-13(17)7-4-5-8-13/h15,17H,4-10H2,1-3H3,(H,14,16). The molecule has 0 atom stereocenters. The third-order valence-corrected chi connectivity index (χ3v) is 3.16. The van der Waals surface area contributed by atoms with Crippen molar-refractivity contribution in [2.24, 2.45) is 0 Å². The Morgan fingerprint density at radius 1 is 1.29 bits per heavy atom. The highest BCUT2D eigenvalue weighted by molar-refractivity contribution is 5.76. The number of hydrogen-bond acceptors (Lipinski definition) is 3. The van der Waals surface area contributed by atoms with Crippen molar-refractivity contribution in [3.63, 3.8) is 0 Å². The van der Waals surface area contributed by atoms with Gasteiger partial charge in [-0.05, 0) is 33.6 Å². The molecule has 3 N–H and O–H groups in total. The van der Waals surface area contributed by atoms with E-state index in [1.165, 1.54) is 0 Å². The number of nitrogens with one attached hydrogen (secondary N) is 2. The molecule has 0 aromatic heterocycles. The first-order valence-corrected chi connectivity index (χ1v) is 6.55. The highest BCUT2D eigenvalue weighted by atomic mass is 16.3. The zero-order valence-electron chi connectivity index (χ0n) is 11.3. The lowest BCUT2D eigenvalue weighted by Gasteiger charge is -2.23. The van der Waals surface area contributed by atoms with Crippen molar-refractivity contribution >= 4 is 5.91 Å². The van der Waals surface area contributed by atoms with Crippen LogP contribution in [0.4, 0.5) is 0 Å². The van der Waals surface area contributed by atoms with E-state index in [9.17, 15) is 9.90 Å². The molecule has 100 valence electrons. The highest BCUT2D eigenvalue weighted by Gasteiger charge is 2.31. The van der Waals surface area contributed by atoms with Crippen LogP contribution in [0.25, 0.3) is 0 Å². The SMILES string of the molecule is CC(C)(C)NCCC(=O)NCC1(O)CCCC1. The minimum atomic E-state index is -0.646. The van der Waals surface area contributed by atoms with Gasteiger partial charge >= 0.3 is 0 Å². The van der Waals surface area contributed by atoms with E-state index < -0.39 is 5.60 Å². The van der Waals surface area contributed by atoms with Gasteiger partial charge in [-0.3, -0.25) is 4.79 Å². The molecule has 0 unspecified atom stereocenters. The fourth-order valence-electron chi connectivity index (χ4n) is 2.11. The largest absolute Gasteiger partial charge is 0.388 e. The summed E-state index contributed by atoms with van der Waals surface area (Å²) in [6, 6.07) is 0. The maximum absolute atomic E-state index is 11.6. The molecule has 1 amide bonds. The molecule has 1 fully saturated rings. The molecule has 0 spiro atoms. The van der Waals surface area contributed by atoms with Crippen LogP contribution in [0.3, 0.4) is 0 Å². The quantitative estimate of drug-likeness (QED) is 0.678. The van der Waals surface area contributed by atoms with Crippen LogP contribution in [-0.2, 0) is 4.79 Å². The van der Waals surface area contributed by atoms with E-state index in [2.05, 4.69) is 31.4 Å². The van der Waals surface area contributed by atoms with Crippen LogP contribution in [0, 0.1) is 0 Å². The van der Waals surface area contributed by atoms with Crippen molar-refractivity contribution in [2.75, 3.05) is 13.1 Å². The minimum absolute atomic E-state index is 0.0158. The van der Waals surface area contributed by atoms with Crippen LogP contribution >= 0.6 is 0 Å². The molecule has 1 aliphatic rings. The van der Waals surface area contributed by atoms with Gasteiger partial charge in [0.25, 0.3) is 0 Å². The number of hydrogen-bond donors (Lipinski definition) is 3. The average Bonchev–Trinajstić information content (AvgIpc) is 2.61. The van der Waals surface area contributed by atoms with E-state index in [0.29, 0.717) is 19.5 Å². The van der Waals surface area contributed by atoms with Crippen molar-refractivity contribution < 1.29 is 9.90 Å². The molecule has 0 aromatic carbocycles. The third-order valence-electron chi connectivity index (χ3n) is 3.16. The van der Waals surface area contributed by atoms with Crippen LogP contribution in [0.5, 0.6) is 0 Å². The molecule has 1 aliphatic carbocycles. The molecule has 0 aromatic rings. The zero-order chi connectivity index (χ0) is 12.9. The summed E-state index contributed by atoms with van der Waals surface area (Å²) in [6.45, 7) is 7.31. The van der Waals surface area contributed by atoms with Gasteiger partial charge < -0.3 is 15.7 Å². The molecule has 0 aliphatic heterocycles. The lowest BCUT2D eigenvalue weighted by atomic mass is 10.0. The molecular weight excluding hydrogens is 216 g/mol. The Kier molecular flexibility index (Phi) is 4.95. The Morgan fingerprint density at radius 3 is 2.41 bits per heavy atom. The van der Waals surface area contributed by atoms with E-state index in [0.717, 1.165) is 25.7 Å². The van der Waals surface area contributed by atoms with E-state index in [4.69, 9.17) is 0 Å². The van der Waals surface area contributed by atoms with Crippen LogP contribution in [0.15, 0.2) is 0 Å². The second-order valence-electron chi connectivity index (χ2n) is 6.13. The molecule has 4 nitrogen and oxygen atoms in total. The normalized spacial score (nSPS) is 19.3. The lowest BCUT2D eigenvalue weighted by Crippen LogP contribution is -2.43. The smallest absolute Gasteiger partial charge is 0.221 e. The lowest BCUT2D eigenvalue weighted by molar-refractivity contribution is -0.122. The summed E-state index contributed by atoms with van der Waals surface area (Å²) in [5.74, 6) is 0.0158. The van der Waals surface area contributed by atoms with Gasteiger partial charge in [-0.2, -0.15) is 0 Å². The van der Waals surface area contributed by atoms with Crippen molar-refractivity contribution in [3.8, 4) is 0 Å². The van der Waals surface area contributed by atoms with Gasteiger partial charge in [-0.25, -0.2) is 0 Å². The van der Waals surface area contributed by atoms with E-state index in [-0.39, 0.29) is 11.4 Å². The Hall–Kier alpha value is -0.610. The molecule has 4 heteroatoms. The molecule has 17 heavy (non-hydrogen) atoms. The second kappa shape index (κ2) is 5.83. The average molecular weight is 242 g/mol. The molecule has 0 saturated heterocycles. The van der Waals surface area contributed by atoms with Gasteiger partial charge in [0.15, 0.2) is 0 Å². The number of aliphatic hydroxyl groups is 1. The third kappa shape index (κ3) is 6.03. The summed E-state index contributed by atoms with van der Waals surface area (Å²) < 4.78 is 0. The summed E-state index contributed by atoms with van der Waals surface area (Å²) in [4.78, 5) is 11.6. The van der Waals surface area contributed by atoms with E-state index >= 15 is 0 Å². The van der Waals surface area contributed by atoms with Crippen molar-refractivity contribution in [2.45, 2.75) is 64.0 Å². The summed E-state index contributed by atoms with van der Waals surface area (Å²) in [7, 11) is 0. The molecule has 1 saturated carbocycles. The fourth-order valence-corrected chi connectivity index (χ4v) is 2.11. The van der Waals surface area contributed by atoms with Gasteiger partial charge in [-0.1, -0.05) is 12.8 Å². The maximum Gasteiger partial charge on any atom is 0.221 e. The van der Waals surface area contributed by atoms with Gasteiger partial charge in [-0.15, -0.1) is 0 Å². The van der Waals surface area contributed by atoms with Crippen LogP contribution in [-0.4, -0.2) is 35.2 Å². The first-order chi connectivity index (χ1) is 7.81. The van der Waals surface area contributed by atoms with Crippen LogP contribution in [0.1, 0.15) is 52.9 Å². The number of rotatable bonds is 5. The molecule has 0 bridgehead atoms.